The number of benzene rings is 2. The number of rotatable bonds is 9. The van der Waals surface area contributed by atoms with E-state index >= 15 is 0 Å². The summed E-state index contributed by atoms with van der Waals surface area (Å²) in [6.07, 6.45) is 2.65. The van der Waals surface area contributed by atoms with Gasteiger partial charge in [0.2, 0.25) is 0 Å². The average Bonchev–Trinajstić information content (AvgIpc) is 2.70. The van der Waals surface area contributed by atoms with Gasteiger partial charge in [0.15, 0.2) is 11.5 Å². The van der Waals surface area contributed by atoms with Crippen molar-refractivity contribution in [3.05, 3.63) is 65.2 Å². The van der Waals surface area contributed by atoms with Crippen molar-refractivity contribution in [3.8, 4) is 11.5 Å². The number of ether oxygens (including phenoxy) is 3. The fraction of sp³-hybridized carbons (Fsp3) is 0.286. The van der Waals surface area contributed by atoms with Crippen LogP contribution in [0.15, 0.2) is 54.1 Å². The van der Waals surface area contributed by atoms with Crippen molar-refractivity contribution in [1.82, 2.24) is 5.32 Å². The first kappa shape index (κ1) is 19.5. The van der Waals surface area contributed by atoms with Gasteiger partial charge in [0.05, 0.1) is 26.9 Å². The molecule has 0 unspecified atom stereocenters. The molecule has 0 aromatic heterocycles. The van der Waals surface area contributed by atoms with Crippen LogP contribution in [0.25, 0.3) is 6.08 Å². The monoisotopic (exact) mass is 355 g/mol. The van der Waals surface area contributed by atoms with Gasteiger partial charge >= 0.3 is 5.97 Å². The number of hydrogen-bond donors (Lipinski definition) is 1. The molecule has 0 saturated carbocycles. The standard InChI is InChI=1S/C21H25NO4/c1-24-19-10-9-17(14-20(19)25-2)11-12-22-15-18(21(23)26-3)13-16-7-5-4-6-8-16/h4-10,13-14,22H,11-12,15H2,1-3H3/b18-13-. The molecule has 0 fully saturated rings. The predicted molar refractivity (Wildman–Crippen MR) is 103 cm³/mol. The van der Waals surface area contributed by atoms with Crippen molar-refractivity contribution in [2.24, 2.45) is 0 Å². The molecular formula is C21H25NO4. The first-order chi connectivity index (χ1) is 12.7. The Balaban J connectivity index is 1.94. The highest BCUT2D eigenvalue weighted by Crippen LogP contribution is 2.27. The van der Waals surface area contributed by atoms with E-state index in [4.69, 9.17) is 14.2 Å². The highest BCUT2D eigenvalue weighted by atomic mass is 16.5. The normalized spacial score (nSPS) is 11.1. The molecule has 138 valence electrons. The minimum atomic E-state index is -0.326. The topological polar surface area (TPSA) is 56.8 Å². The molecule has 0 bridgehead atoms. The fourth-order valence-electron chi connectivity index (χ4n) is 2.56. The number of carbonyl (C=O) groups excluding carboxylic acids is 1. The molecule has 1 N–H and O–H groups in total. The van der Waals surface area contributed by atoms with E-state index in [0.717, 1.165) is 24.1 Å². The largest absolute Gasteiger partial charge is 0.493 e. The van der Waals surface area contributed by atoms with Crippen molar-refractivity contribution in [3.63, 3.8) is 0 Å². The van der Waals surface area contributed by atoms with Crippen LogP contribution in [0.4, 0.5) is 0 Å². The van der Waals surface area contributed by atoms with Crippen LogP contribution in [0, 0.1) is 0 Å². The van der Waals surface area contributed by atoms with Gasteiger partial charge in [-0.05, 0) is 42.3 Å². The maximum Gasteiger partial charge on any atom is 0.335 e. The predicted octanol–water partition coefficient (Wildman–Crippen LogP) is 3.09. The van der Waals surface area contributed by atoms with Gasteiger partial charge in [-0.1, -0.05) is 36.4 Å². The van der Waals surface area contributed by atoms with E-state index in [0.29, 0.717) is 23.6 Å². The van der Waals surface area contributed by atoms with Crippen LogP contribution < -0.4 is 14.8 Å². The maximum absolute atomic E-state index is 12.0. The van der Waals surface area contributed by atoms with E-state index in [-0.39, 0.29) is 5.97 Å². The molecule has 0 atom stereocenters. The summed E-state index contributed by atoms with van der Waals surface area (Å²) in [5.41, 5.74) is 2.68. The zero-order valence-corrected chi connectivity index (χ0v) is 15.5. The number of hydrogen-bond acceptors (Lipinski definition) is 5. The minimum Gasteiger partial charge on any atom is -0.493 e. The highest BCUT2D eigenvalue weighted by molar-refractivity contribution is 5.94. The van der Waals surface area contributed by atoms with Gasteiger partial charge < -0.3 is 19.5 Å². The van der Waals surface area contributed by atoms with Crippen molar-refractivity contribution in [2.45, 2.75) is 6.42 Å². The molecule has 0 amide bonds. The zero-order chi connectivity index (χ0) is 18.8. The molecule has 0 spiro atoms. The Morgan fingerprint density at radius 1 is 1.00 bits per heavy atom. The van der Waals surface area contributed by atoms with Crippen LogP contribution in [0.5, 0.6) is 11.5 Å². The second kappa shape index (κ2) is 10.3. The quantitative estimate of drug-likeness (QED) is 0.426. The Morgan fingerprint density at radius 2 is 1.73 bits per heavy atom. The molecule has 5 heteroatoms. The van der Waals surface area contributed by atoms with E-state index in [1.54, 1.807) is 14.2 Å². The molecule has 0 aliphatic carbocycles. The van der Waals surface area contributed by atoms with Gasteiger partial charge in [0.1, 0.15) is 0 Å². The molecule has 26 heavy (non-hydrogen) atoms. The maximum atomic E-state index is 12.0. The summed E-state index contributed by atoms with van der Waals surface area (Å²) >= 11 is 0. The third kappa shape index (κ3) is 5.63. The second-order valence-corrected chi connectivity index (χ2v) is 5.69. The first-order valence-electron chi connectivity index (χ1n) is 8.43. The minimum absolute atomic E-state index is 0.326. The van der Waals surface area contributed by atoms with Crippen molar-refractivity contribution >= 4 is 12.0 Å². The Hall–Kier alpha value is -2.79. The second-order valence-electron chi connectivity index (χ2n) is 5.69. The lowest BCUT2D eigenvalue weighted by molar-refractivity contribution is -0.136. The van der Waals surface area contributed by atoms with E-state index in [2.05, 4.69) is 5.32 Å². The van der Waals surface area contributed by atoms with Crippen LogP contribution in [-0.4, -0.2) is 40.4 Å². The molecule has 0 aliphatic rings. The highest BCUT2D eigenvalue weighted by Gasteiger charge is 2.10. The van der Waals surface area contributed by atoms with Crippen LogP contribution >= 0.6 is 0 Å². The molecule has 2 aromatic carbocycles. The van der Waals surface area contributed by atoms with Crippen molar-refractivity contribution in [2.75, 3.05) is 34.4 Å². The van der Waals surface area contributed by atoms with Gasteiger partial charge in [-0.15, -0.1) is 0 Å². The molecule has 0 heterocycles. The molecule has 0 saturated heterocycles. The lowest BCUT2D eigenvalue weighted by atomic mass is 10.1. The number of nitrogens with one attached hydrogen (secondary N) is 1. The van der Waals surface area contributed by atoms with Crippen molar-refractivity contribution < 1.29 is 19.0 Å². The lowest BCUT2D eigenvalue weighted by Crippen LogP contribution is -2.24. The summed E-state index contributed by atoms with van der Waals surface area (Å²) in [5, 5.41) is 3.29. The van der Waals surface area contributed by atoms with Gasteiger partial charge in [-0.3, -0.25) is 0 Å². The Kier molecular flexibility index (Phi) is 7.71. The first-order valence-corrected chi connectivity index (χ1v) is 8.43. The molecule has 5 nitrogen and oxygen atoms in total. The molecule has 0 radical (unpaired) electrons. The summed E-state index contributed by atoms with van der Waals surface area (Å²) in [6, 6.07) is 15.6. The van der Waals surface area contributed by atoms with Gasteiger partial charge in [0.25, 0.3) is 0 Å². The summed E-state index contributed by atoms with van der Waals surface area (Å²) < 4.78 is 15.4. The molecular weight excluding hydrogens is 330 g/mol. The third-order valence-corrected chi connectivity index (χ3v) is 3.94. The van der Waals surface area contributed by atoms with E-state index in [1.165, 1.54) is 7.11 Å². The van der Waals surface area contributed by atoms with Crippen LogP contribution in [0.2, 0.25) is 0 Å². The smallest absolute Gasteiger partial charge is 0.335 e. The Morgan fingerprint density at radius 3 is 2.38 bits per heavy atom. The number of carbonyl (C=O) groups is 1. The summed E-state index contributed by atoms with van der Waals surface area (Å²) in [7, 11) is 4.63. The Labute approximate surface area is 154 Å². The van der Waals surface area contributed by atoms with Crippen LogP contribution in [0.1, 0.15) is 11.1 Å². The van der Waals surface area contributed by atoms with Gasteiger partial charge in [0, 0.05) is 6.54 Å². The van der Waals surface area contributed by atoms with Crippen LogP contribution in [0.3, 0.4) is 0 Å². The SMILES string of the molecule is COC(=O)/C(=C\c1ccccc1)CNCCc1ccc(OC)c(OC)c1. The molecule has 2 rings (SSSR count). The number of methoxy groups -OCH3 is 3. The van der Waals surface area contributed by atoms with E-state index in [1.807, 2.05) is 54.6 Å². The van der Waals surface area contributed by atoms with Crippen LogP contribution in [-0.2, 0) is 16.0 Å². The summed E-state index contributed by atoms with van der Waals surface area (Å²) in [6.45, 7) is 1.16. The molecule has 0 aliphatic heterocycles. The van der Waals surface area contributed by atoms with Gasteiger partial charge in [-0.2, -0.15) is 0 Å². The summed E-state index contributed by atoms with van der Waals surface area (Å²) in [4.78, 5) is 12.0. The lowest BCUT2D eigenvalue weighted by Gasteiger charge is -2.11. The van der Waals surface area contributed by atoms with Gasteiger partial charge in [-0.25, -0.2) is 4.79 Å². The summed E-state index contributed by atoms with van der Waals surface area (Å²) in [5.74, 6) is 1.10. The Bertz CT molecular complexity index is 741. The zero-order valence-electron chi connectivity index (χ0n) is 15.5. The van der Waals surface area contributed by atoms with Crippen molar-refractivity contribution in [1.29, 1.82) is 0 Å². The third-order valence-electron chi connectivity index (χ3n) is 3.94. The van der Waals surface area contributed by atoms with E-state index < -0.39 is 0 Å². The average molecular weight is 355 g/mol. The van der Waals surface area contributed by atoms with E-state index in [9.17, 15) is 4.79 Å². The molecule has 2 aromatic rings. The number of esters is 1. The fourth-order valence-corrected chi connectivity index (χ4v) is 2.56.